The number of aliphatic carboxylic acids is 2. The van der Waals surface area contributed by atoms with Crippen LogP contribution < -0.4 is 11.1 Å². The highest BCUT2D eigenvalue weighted by molar-refractivity contribution is 5.90. The van der Waals surface area contributed by atoms with Gasteiger partial charge in [0.05, 0.1) is 60.9 Å². The molecule has 2 heterocycles. The molecule has 0 spiro atoms. The van der Waals surface area contributed by atoms with E-state index in [9.17, 15) is 85.3 Å². The summed E-state index contributed by atoms with van der Waals surface area (Å²) in [5, 5.41) is 135. The number of aliphatic hydroxyl groups excluding tert-OH is 9. The van der Waals surface area contributed by atoms with Crippen LogP contribution in [-0.2, 0) is 42.9 Å². The zero-order valence-electron chi connectivity index (χ0n) is 52.1. The second-order valence-electron chi connectivity index (χ2n) is 24.8. The number of carboxylic acids is 2. The summed E-state index contributed by atoms with van der Waals surface area (Å²) in [5.74, 6) is -12.6. The minimum absolute atomic E-state index is 0.00903. The van der Waals surface area contributed by atoms with Crippen molar-refractivity contribution in [1.82, 2.24) is 5.32 Å². The number of nitrogens with one attached hydrogen (secondary N) is 1. The molecule has 22 unspecified atom stereocenters. The molecule has 1 fully saturated rings. The first-order valence-corrected chi connectivity index (χ1v) is 30.8. The Kier molecular flexibility index (Phi) is 35.5. The highest BCUT2D eigenvalue weighted by atomic mass is 16.7. The lowest BCUT2D eigenvalue weighted by Gasteiger charge is -2.46. The summed E-state index contributed by atoms with van der Waals surface area (Å²) in [6.45, 7) is 14.8. The minimum atomic E-state index is -2.73. The normalized spacial score (nSPS) is 36.7. The van der Waals surface area contributed by atoms with Crippen molar-refractivity contribution in [3.63, 3.8) is 0 Å². The summed E-state index contributed by atoms with van der Waals surface area (Å²) >= 11 is 0. The molecule has 496 valence electrons. The number of esters is 3. The van der Waals surface area contributed by atoms with E-state index < -0.39 is 190 Å². The molecule has 0 amide bonds. The van der Waals surface area contributed by atoms with E-state index in [-0.39, 0.29) is 49.9 Å². The van der Waals surface area contributed by atoms with Crippen LogP contribution in [0, 0.1) is 47.3 Å². The number of unbranched alkanes of at least 4 members (excludes halogenated alkanes) is 2. The molecule has 15 N–H and O–H groups in total. The van der Waals surface area contributed by atoms with Gasteiger partial charge in [0.1, 0.15) is 37.3 Å². The Morgan fingerprint density at radius 1 is 0.721 bits per heavy atom. The van der Waals surface area contributed by atoms with Crippen molar-refractivity contribution in [2.45, 2.75) is 256 Å². The van der Waals surface area contributed by atoms with Gasteiger partial charge in [0.15, 0.2) is 11.7 Å². The quantitative estimate of drug-likeness (QED) is 0.0188. The van der Waals surface area contributed by atoms with Gasteiger partial charge < -0.3 is 91.3 Å². The van der Waals surface area contributed by atoms with Crippen LogP contribution in [0.25, 0.3) is 0 Å². The molecule has 0 aliphatic carbocycles. The number of allylic oxidation sites excluding steroid dienone is 4. The van der Waals surface area contributed by atoms with Crippen LogP contribution in [0.1, 0.15) is 171 Å². The van der Waals surface area contributed by atoms with Crippen molar-refractivity contribution >= 4 is 35.8 Å². The zero-order valence-corrected chi connectivity index (χ0v) is 52.1. The van der Waals surface area contributed by atoms with Crippen molar-refractivity contribution in [2.75, 3.05) is 13.6 Å². The van der Waals surface area contributed by atoms with E-state index in [1.54, 1.807) is 46.9 Å². The average Bonchev–Trinajstić information content (AvgIpc) is 1.53. The first-order valence-electron chi connectivity index (χ1n) is 30.8. The molecule has 0 aromatic rings. The van der Waals surface area contributed by atoms with Gasteiger partial charge >= 0.3 is 29.8 Å². The van der Waals surface area contributed by atoms with Gasteiger partial charge in [0.25, 0.3) is 0 Å². The fourth-order valence-electron chi connectivity index (χ4n) is 11.1. The highest BCUT2D eigenvalue weighted by Gasteiger charge is 2.52. The van der Waals surface area contributed by atoms with Crippen molar-refractivity contribution < 1.29 is 104 Å². The van der Waals surface area contributed by atoms with E-state index in [0.29, 0.717) is 5.96 Å². The van der Waals surface area contributed by atoms with E-state index in [0.717, 1.165) is 45.1 Å². The fourth-order valence-corrected chi connectivity index (χ4v) is 11.1. The molecule has 22 atom stereocenters. The largest absolute Gasteiger partial charge is 0.481 e. The summed E-state index contributed by atoms with van der Waals surface area (Å²) in [6.07, 6.45) is -5.63. The topological polar surface area (TPSA) is 415 Å². The first kappa shape index (κ1) is 77.5. The summed E-state index contributed by atoms with van der Waals surface area (Å²) in [6, 6.07) is 0. The molecule has 2 aliphatic rings. The predicted octanol–water partition coefficient (Wildman–Crippen LogP) is 3.55. The molecule has 0 saturated carbocycles. The Bertz CT molecular complexity index is 2150. The summed E-state index contributed by atoms with van der Waals surface area (Å²) in [5.41, 5.74) is 5.69. The molecular formula is C62H107N3O21. The number of guanidine groups is 1. The molecule has 0 aromatic carbocycles. The second-order valence-corrected chi connectivity index (χ2v) is 24.8. The lowest BCUT2D eigenvalue weighted by molar-refractivity contribution is -0.334. The van der Waals surface area contributed by atoms with Gasteiger partial charge in [-0.2, -0.15) is 0 Å². The first-order chi connectivity index (χ1) is 40.3. The summed E-state index contributed by atoms with van der Waals surface area (Å²) in [7, 11) is 1.63. The fraction of sp³-hybridized carbons (Fsp3) is 0.806. The number of carbonyl (C=O) groups is 5. The number of ether oxygens (including phenoxy) is 4. The van der Waals surface area contributed by atoms with Gasteiger partial charge in [-0.05, 0) is 101 Å². The van der Waals surface area contributed by atoms with Gasteiger partial charge in [0, 0.05) is 57.0 Å². The number of rotatable bonds is 17. The van der Waals surface area contributed by atoms with E-state index in [1.807, 2.05) is 19.9 Å². The SMILES string of the molecule is CN=C(N)NCCC/C=C/CCCC(C)CC(C)C1OC(=O)C(C)C(O)CCC(C)C(O)CC(O)C(C)C(O)CCC(C)C(O)CC2(O)OC(CC(OC(=O)CC(=O)O)CC(O)CC(O)C(C)C(O)/C=C/C=C/C1C)CC(OC(=O)CC(=O)O)C2O. The van der Waals surface area contributed by atoms with E-state index in [4.69, 9.17) is 24.7 Å². The molecule has 86 heavy (non-hydrogen) atoms. The van der Waals surface area contributed by atoms with Crippen LogP contribution in [0.15, 0.2) is 41.4 Å². The Morgan fingerprint density at radius 2 is 1.29 bits per heavy atom. The maximum absolute atomic E-state index is 13.9. The van der Waals surface area contributed by atoms with E-state index in [2.05, 4.69) is 29.4 Å². The third kappa shape index (κ3) is 28.7. The molecular weight excluding hydrogens is 1120 g/mol. The number of nitrogens with two attached hydrogens (primary N) is 1. The van der Waals surface area contributed by atoms with Gasteiger partial charge in [-0.15, -0.1) is 0 Å². The number of carboxylic acid groups (broad SMARTS) is 2. The Morgan fingerprint density at radius 3 is 1.91 bits per heavy atom. The van der Waals surface area contributed by atoms with Crippen LogP contribution in [0.4, 0.5) is 0 Å². The van der Waals surface area contributed by atoms with Crippen LogP contribution in [0.3, 0.4) is 0 Å². The number of fused-ring (bicyclic) bond motifs is 2. The van der Waals surface area contributed by atoms with Crippen LogP contribution in [0.5, 0.6) is 0 Å². The standard InChI is InChI=1S/C62H107N3O21/c1-35(18-14-12-10-11-13-17-25-65-61(63)64-9)26-39(5)58-38(4)19-15-16-20-46(67)40(6)50(71)28-43(66)27-44(83-56(78)32-54(74)75)29-45-30-53(84-57(79)33-55(76)77)59(80)62(82,86-45)34-52(73)37(3)22-23-47(68)41(7)51(72)31-49(70)36(2)21-24-48(69)42(8)60(81)85-58/h10-11,15-16,19-20,35-53,58-59,66-73,80,82H,12-14,17-18,21-34H2,1-9H3,(H,74,75)(H,76,77)(H3,63,64,65)/b11-10+,19-15+,20-16+. The van der Waals surface area contributed by atoms with Crippen LogP contribution in [0.2, 0.25) is 0 Å². The number of hydrogen-bond donors (Lipinski definition) is 14. The van der Waals surface area contributed by atoms with Gasteiger partial charge in [0.2, 0.25) is 0 Å². The van der Waals surface area contributed by atoms with E-state index in [1.165, 1.54) is 13.0 Å². The maximum Gasteiger partial charge on any atom is 0.317 e. The molecule has 2 rings (SSSR count). The van der Waals surface area contributed by atoms with Gasteiger partial charge in [-0.3, -0.25) is 29.0 Å². The third-order valence-electron chi connectivity index (χ3n) is 17.1. The lowest BCUT2D eigenvalue weighted by Crippen LogP contribution is -2.60. The number of carbonyl (C=O) groups excluding carboxylic acids is 3. The molecule has 1 saturated heterocycles. The van der Waals surface area contributed by atoms with Gasteiger partial charge in [-0.25, -0.2) is 0 Å². The monoisotopic (exact) mass is 1230 g/mol. The number of hydrogen-bond acceptors (Lipinski definition) is 20. The number of aliphatic imine (C=N–C) groups is 1. The van der Waals surface area contributed by atoms with Gasteiger partial charge in [-0.1, -0.05) is 91.3 Å². The van der Waals surface area contributed by atoms with Crippen molar-refractivity contribution in [3.05, 3.63) is 36.5 Å². The van der Waals surface area contributed by atoms with E-state index >= 15 is 0 Å². The minimum Gasteiger partial charge on any atom is -0.481 e. The van der Waals surface area contributed by atoms with Crippen LogP contribution >= 0.6 is 0 Å². The third-order valence-corrected chi connectivity index (χ3v) is 17.1. The zero-order chi connectivity index (χ0) is 65.0. The summed E-state index contributed by atoms with van der Waals surface area (Å²) < 4.78 is 23.0. The lowest BCUT2D eigenvalue weighted by atomic mass is 9.83. The molecule has 24 nitrogen and oxygen atoms in total. The molecule has 24 heteroatoms. The Hall–Kier alpha value is -4.60. The average molecular weight is 1230 g/mol. The second kappa shape index (κ2) is 39.4. The Labute approximate surface area is 507 Å². The summed E-state index contributed by atoms with van der Waals surface area (Å²) in [4.78, 5) is 66.1. The highest BCUT2D eigenvalue weighted by Crippen LogP contribution is 2.38. The predicted molar refractivity (Wildman–Crippen MR) is 318 cm³/mol. The molecule has 2 aliphatic heterocycles. The Balaban J connectivity index is 2.51. The number of cyclic esters (lactones) is 1. The van der Waals surface area contributed by atoms with Crippen molar-refractivity contribution in [2.24, 2.45) is 58.1 Å². The maximum atomic E-state index is 13.9. The molecule has 2 bridgehead atoms. The van der Waals surface area contributed by atoms with Crippen molar-refractivity contribution in [3.8, 4) is 0 Å². The van der Waals surface area contributed by atoms with Crippen molar-refractivity contribution in [1.29, 1.82) is 0 Å². The molecule has 0 aromatic heterocycles. The number of aliphatic hydroxyl groups is 10. The van der Waals surface area contributed by atoms with Crippen LogP contribution in [-0.4, -0.2) is 196 Å². The molecule has 0 radical (unpaired) electrons. The number of nitrogens with zero attached hydrogens (tertiary/aromatic N) is 1. The smallest absolute Gasteiger partial charge is 0.317 e.